The zero-order valence-electron chi connectivity index (χ0n) is 13.2. The number of carbonyl (C=O) groups excluding carboxylic acids is 1. The molecule has 1 fully saturated rings. The number of aryl methyl sites for hydroxylation is 1. The van der Waals surface area contributed by atoms with Gasteiger partial charge in [-0.25, -0.2) is 0 Å². The fraction of sp³-hybridized carbons (Fsp3) is 0.588. The molecule has 0 unspecified atom stereocenters. The molecular formula is C17H26BrClN2O. The predicted octanol–water partition coefficient (Wildman–Crippen LogP) is 3.65. The van der Waals surface area contributed by atoms with E-state index >= 15 is 0 Å². The zero-order valence-corrected chi connectivity index (χ0v) is 15.6. The average molecular weight is 390 g/mol. The second kappa shape index (κ2) is 10.2. The monoisotopic (exact) mass is 388 g/mol. The molecule has 2 rings (SSSR count). The number of carbonyl (C=O) groups is 1. The van der Waals surface area contributed by atoms with E-state index in [1.807, 2.05) is 19.2 Å². The van der Waals surface area contributed by atoms with E-state index in [1.54, 1.807) is 0 Å². The molecule has 5 heteroatoms. The van der Waals surface area contributed by atoms with Crippen LogP contribution >= 0.6 is 28.3 Å². The van der Waals surface area contributed by atoms with E-state index in [0.717, 1.165) is 49.3 Å². The van der Waals surface area contributed by atoms with Crippen molar-refractivity contribution in [3.8, 4) is 0 Å². The number of hydrogen-bond acceptors (Lipinski definition) is 2. The molecule has 1 N–H and O–H groups in total. The summed E-state index contributed by atoms with van der Waals surface area (Å²) < 4.78 is 1.08. The highest BCUT2D eigenvalue weighted by Gasteiger charge is 2.21. The van der Waals surface area contributed by atoms with Crippen LogP contribution in [0.3, 0.4) is 0 Å². The standard InChI is InChI=1S/C17H25BrN2O.ClH/c1-19-11-8-15-9-12-20(13-10-15)17(21)7-4-14-2-5-16(18)6-3-14;/h2-3,5-6,15,19H,4,7-13H2,1H3;1H. The van der Waals surface area contributed by atoms with Crippen LogP contribution in [-0.4, -0.2) is 37.5 Å². The Morgan fingerprint density at radius 1 is 1.27 bits per heavy atom. The van der Waals surface area contributed by atoms with Crippen LogP contribution < -0.4 is 5.32 Å². The number of nitrogens with zero attached hydrogens (tertiary/aromatic N) is 1. The predicted molar refractivity (Wildman–Crippen MR) is 97.6 cm³/mol. The fourth-order valence-electron chi connectivity index (χ4n) is 2.88. The number of piperidine rings is 1. The van der Waals surface area contributed by atoms with Crippen LogP contribution in [0.1, 0.15) is 31.2 Å². The second-order valence-corrected chi connectivity index (χ2v) is 6.76. The van der Waals surface area contributed by atoms with E-state index in [0.29, 0.717) is 12.3 Å². The lowest BCUT2D eigenvalue weighted by molar-refractivity contribution is -0.132. The SMILES string of the molecule is CNCCC1CCN(C(=O)CCc2ccc(Br)cc2)CC1.Cl. The molecule has 0 aliphatic carbocycles. The van der Waals surface area contributed by atoms with Gasteiger partial charge in [0.2, 0.25) is 5.91 Å². The Morgan fingerprint density at radius 3 is 2.50 bits per heavy atom. The average Bonchev–Trinajstić information content (AvgIpc) is 2.52. The van der Waals surface area contributed by atoms with Crippen molar-refractivity contribution in [2.75, 3.05) is 26.7 Å². The Balaban J connectivity index is 0.00000242. The van der Waals surface area contributed by atoms with Crippen molar-refractivity contribution in [2.45, 2.75) is 32.1 Å². The lowest BCUT2D eigenvalue weighted by Gasteiger charge is -2.32. The molecule has 1 amide bonds. The van der Waals surface area contributed by atoms with Crippen LogP contribution in [0.4, 0.5) is 0 Å². The minimum absolute atomic E-state index is 0. The summed E-state index contributed by atoms with van der Waals surface area (Å²) in [4.78, 5) is 14.3. The third-order valence-electron chi connectivity index (χ3n) is 4.31. The Bertz CT molecular complexity index is 444. The van der Waals surface area contributed by atoms with Crippen molar-refractivity contribution in [1.29, 1.82) is 0 Å². The summed E-state index contributed by atoms with van der Waals surface area (Å²) in [6.45, 7) is 2.96. The largest absolute Gasteiger partial charge is 0.343 e. The maximum Gasteiger partial charge on any atom is 0.222 e. The lowest BCUT2D eigenvalue weighted by Crippen LogP contribution is -2.39. The second-order valence-electron chi connectivity index (χ2n) is 5.84. The van der Waals surface area contributed by atoms with Gasteiger partial charge in [0.1, 0.15) is 0 Å². The highest BCUT2D eigenvalue weighted by atomic mass is 79.9. The van der Waals surface area contributed by atoms with Gasteiger partial charge in [-0.15, -0.1) is 12.4 Å². The van der Waals surface area contributed by atoms with Crippen LogP contribution in [0.2, 0.25) is 0 Å². The molecule has 1 aliphatic rings. The summed E-state index contributed by atoms with van der Waals surface area (Å²) in [7, 11) is 2.00. The lowest BCUT2D eigenvalue weighted by atomic mass is 9.93. The van der Waals surface area contributed by atoms with Crippen molar-refractivity contribution < 1.29 is 4.79 Å². The molecule has 1 saturated heterocycles. The minimum atomic E-state index is 0. The van der Waals surface area contributed by atoms with E-state index in [9.17, 15) is 4.79 Å². The molecule has 0 spiro atoms. The van der Waals surface area contributed by atoms with Gasteiger partial charge >= 0.3 is 0 Å². The first-order valence-electron chi connectivity index (χ1n) is 7.86. The number of nitrogens with one attached hydrogen (secondary N) is 1. The van der Waals surface area contributed by atoms with Crippen molar-refractivity contribution in [3.63, 3.8) is 0 Å². The normalized spacial score (nSPS) is 15.5. The van der Waals surface area contributed by atoms with Gasteiger partial charge in [-0.3, -0.25) is 4.79 Å². The van der Waals surface area contributed by atoms with Crippen molar-refractivity contribution >= 4 is 34.2 Å². The summed E-state index contributed by atoms with van der Waals surface area (Å²) in [5.74, 6) is 1.10. The summed E-state index contributed by atoms with van der Waals surface area (Å²) >= 11 is 3.43. The fourth-order valence-corrected chi connectivity index (χ4v) is 3.14. The summed E-state index contributed by atoms with van der Waals surface area (Å²) in [5, 5.41) is 3.21. The molecule has 0 aromatic heterocycles. The first kappa shape index (κ1) is 19.5. The number of benzene rings is 1. The third kappa shape index (κ3) is 6.27. The van der Waals surface area contributed by atoms with Crippen LogP contribution in [-0.2, 0) is 11.2 Å². The van der Waals surface area contributed by atoms with Gasteiger partial charge in [0.25, 0.3) is 0 Å². The Hall–Kier alpha value is -0.580. The molecule has 1 aromatic rings. The molecule has 0 atom stereocenters. The van der Waals surface area contributed by atoms with E-state index in [-0.39, 0.29) is 12.4 Å². The van der Waals surface area contributed by atoms with E-state index in [2.05, 4.69) is 38.3 Å². The molecule has 124 valence electrons. The van der Waals surface area contributed by atoms with E-state index in [1.165, 1.54) is 12.0 Å². The topological polar surface area (TPSA) is 32.3 Å². The van der Waals surface area contributed by atoms with E-state index < -0.39 is 0 Å². The molecule has 3 nitrogen and oxygen atoms in total. The maximum absolute atomic E-state index is 12.3. The summed E-state index contributed by atoms with van der Waals surface area (Å²) in [5.41, 5.74) is 1.23. The van der Waals surface area contributed by atoms with Crippen molar-refractivity contribution in [1.82, 2.24) is 10.2 Å². The van der Waals surface area contributed by atoms with Gasteiger partial charge in [0, 0.05) is 24.0 Å². The number of hydrogen-bond donors (Lipinski definition) is 1. The molecule has 1 aromatic carbocycles. The number of rotatable bonds is 6. The van der Waals surface area contributed by atoms with Crippen LogP contribution in [0, 0.1) is 5.92 Å². The smallest absolute Gasteiger partial charge is 0.222 e. The highest BCUT2D eigenvalue weighted by Crippen LogP contribution is 2.21. The minimum Gasteiger partial charge on any atom is -0.343 e. The Labute approximate surface area is 148 Å². The number of amides is 1. The molecular weight excluding hydrogens is 364 g/mol. The first-order chi connectivity index (χ1) is 10.2. The van der Waals surface area contributed by atoms with Crippen molar-refractivity contribution in [2.24, 2.45) is 5.92 Å². The molecule has 1 heterocycles. The van der Waals surface area contributed by atoms with Gasteiger partial charge in [-0.1, -0.05) is 28.1 Å². The van der Waals surface area contributed by atoms with Crippen LogP contribution in [0.5, 0.6) is 0 Å². The quantitative estimate of drug-likeness (QED) is 0.805. The summed E-state index contributed by atoms with van der Waals surface area (Å²) in [6.07, 6.45) is 5.02. The third-order valence-corrected chi connectivity index (χ3v) is 4.84. The van der Waals surface area contributed by atoms with Gasteiger partial charge in [0.15, 0.2) is 0 Å². The van der Waals surface area contributed by atoms with Gasteiger partial charge in [-0.2, -0.15) is 0 Å². The number of likely N-dealkylation sites (tertiary alicyclic amines) is 1. The molecule has 0 radical (unpaired) electrons. The molecule has 0 bridgehead atoms. The van der Waals surface area contributed by atoms with Gasteiger partial charge in [-0.05, 0) is 62.9 Å². The van der Waals surface area contributed by atoms with Crippen LogP contribution in [0.15, 0.2) is 28.7 Å². The molecule has 1 aliphatic heterocycles. The maximum atomic E-state index is 12.3. The Morgan fingerprint density at radius 2 is 1.91 bits per heavy atom. The van der Waals surface area contributed by atoms with Crippen molar-refractivity contribution in [3.05, 3.63) is 34.3 Å². The number of halogens is 2. The highest BCUT2D eigenvalue weighted by molar-refractivity contribution is 9.10. The molecule has 22 heavy (non-hydrogen) atoms. The first-order valence-corrected chi connectivity index (χ1v) is 8.65. The Kier molecular flexibility index (Phi) is 9.06. The van der Waals surface area contributed by atoms with Gasteiger partial charge in [0.05, 0.1) is 0 Å². The zero-order chi connectivity index (χ0) is 15.1. The van der Waals surface area contributed by atoms with E-state index in [4.69, 9.17) is 0 Å². The summed E-state index contributed by atoms with van der Waals surface area (Å²) in [6, 6.07) is 8.24. The van der Waals surface area contributed by atoms with Gasteiger partial charge < -0.3 is 10.2 Å². The molecule has 0 saturated carbocycles. The van der Waals surface area contributed by atoms with Crippen LogP contribution in [0.25, 0.3) is 0 Å².